The van der Waals surface area contributed by atoms with Crippen LogP contribution in [-0.4, -0.2) is 28.3 Å². The van der Waals surface area contributed by atoms with Gasteiger partial charge in [-0.2, -0.15) is 5.26 Å². The monoisotopic (exact) mass is 374 g/mol. The summed E-state index contributed by atoms with van der Waals surface area (Å²) in [6.07, 6.45) is 1.68. The highest BCUT2D eigenvalue weighted by molar-refractivity contribution is 6.04. The Kier molecular flexibility index (Phi) is 4.04. The lowest BCUT2D eigenvalue weighted by Crippen LogP contribution is -2.21. The van der Waals surface area contributed by atoms with Crippen molar-refractivity contribution in [1.82, 2.24) is 14.1 Å². The number of rotatable bonds is 3. The van der Waals surface area contributed by atoms with E-state index in [1.165, 1.54) is 0 Å². The predicted octanol–water partition coefficient (Wildman–Crippen LogP) is 3.07. The highest BCUT2D eigenvalue weighted by Crippen LogP contribution is 2.35. The van der Waals surface area contributed by atoms with Gasteiger partial charge in [0.2, 0.25) is 0 Å². The van der Waals surface area contributed by atoms with Gasteiger partial charge < -0.3 is 9.47 Å². The molecule has 0 saturated carbocycles. The Bertz CT molecular complexity index is 1340. The second-order valence-corrected chi connectivity index (χ2v) is 6.51. The maximum absolute atomic E-state index is 13.1. The second kappa shape index (κ2) is 6.43. The third kappa shape index (κ3) is 2.42. The van der Waals surface area contributed by atoms with E-state index < -0.39 is 0 Å². The molecule has 0 N–H and O–H groups in total. The van der Waals surface area contributed by atoms with E-state index in [9.17, 15) is 4.79 Å². The smallest absolute Gasteiger partial charge is 0.333 e. The van der Waals surface area contributed by atoms with Gasteiger partial charge in [0.15, 0.2) is 11.5 Å². The zero-order chi connectivity index (χ0) is 20.0. The molecule has 7 heteroatoms. The van der Waals surface area contributed by atoms with Crippen LogP contribution in [0.2, 0.25) is 0 Å². The van der Waals surface area contributed by atoms with Crippen LogP contribution in [0.3, 0.4) is 0 Å². The number of hydrogen-bond donors (Lipinski definition) is 0. The number of hydrogen-bond acceptors (Lipinski definition) is 5. The summed E-state index contributed by atoms with van der Waals surface area (Å²) in [5, 5.41) is 9.92. The molecule has 0 aliphatic heterocycles. The fourth-order valence-electron chi connectivity index (χ4n) is 3.52. The molecule has 0 fully saturated rings. The van der Waals surface area contributed by atoms with Crippen LogP contribution in [0.15, 0.2) is 41.3 Å². The second-order valence-electron chi connectivity index (χ2n) is 6.51. The van der Waals surface area contributed by atoms with Gasteiger partial charge in [0.05, 0.1) is 54.3 Å². The molecule has 140 valence electrons. The number of pyridine rings is 1. The minimum Gasteiger partial charge on any atom is -0.493 e. The van der Waals surface area contributed by atoms with E-state index in [0.717, 1.165) is 22.2 Å². The number of imidazole rings is 1. The van der Waals surface area contributed by atoms with Crippen molar-refractivity contribution in [3.8, 4) is 23.3 Å². The highest BCUT2D eigenvalue weighted by atomic mass is 16.5. The average molecular weight is 374 g/mol. The quantitative estimate of drug-likeness (QED) is 0.550. The van der Waals surface area contributed by atoms with Crippen molar-refractivity contribution in [1.29, 1.82) is 5.26 Å². The van der Waals surface area contributed by atoms with Gasteiger partial charge in [-0.05, 0) is 36.8 Å². The molecule has 0 aliphatic rings. The lowest BCUT2D eigenvalue weighted by molar-refractivity contribution is 0.356. The number of aryl methyl sites for hydroxylation is 2. The van der Waals surface area contributed by atoms with Crippen LogP contribution in [0.1, 0.15) is 11.1 Å². The fraction of sp³-hybridized carbons (Fsp3) is 0.190. The minimum absolute atomic E-state index is 0.188. The molecule has 4 aromatic rings. The predicted molar refractivity (Wildman–Crippen MR) is 106 cm³/mol. The Morgan fingerprint density at radius 3 is 2.46 bits per heavy atom. The summed E-state index contributed by atoms with van der Waals surface area (Å²) < 4.78 is 14.0. The Morgan fingerprint density at radius 2 is 1.82 bits per heavy atom. The van der Waals surface area contributed by atoms with Gasteiger partial charge in [-0.3, -0.25) is 14.1 Å². The van der Waals surface area contributed by atoms with Gasteiger partial charge in [-0.15, -0.1) is 0 Å². The Balaban J connectivity index is 2.17. The summed E-state index contributed by atoms with van der Waals surface area (Å²) in [7, 11) is 4.86. The van der Waals surface area contributed by atoms with Gasteiger partial charge in [0.1, 0.15) is 0 Å². The highest BCUT2D eigenvalue weighted by Gasteiger charge is 2.19. The first-order valence-electron chi connectivity index (χ1n) is 8.63. The number of nitrogens with zero attached hydrogens (tertiary/aromatic N) is 4. The molecule has 2 aromatic heterocycles. The molecule has 0 atom stereocenters. The normalized spacial score (nSPS) is 11.0. The van der Waals surface area contributed by atoms with Crippen LogP contribution in [0.5, 0.6) is 11.5 Å². The lowest BCUT2D eigenvalue weighted by atomic mass is 10.1. The Hall–Kier alpha value is -3.79. The van der Waals surface area contributed by atoms with Crippen molar-refractivity contribution in [2.24, 2.45) is 7.05 Å². The molecule has 0 amide bonds. The first-order valence-corrected chi connectivity index (χ1v) is 8.63. The molecule has 0 radical (unpaired) electrons. The van der Waals surface area contributed by atoms with Crippen molar-refractivity contribution in [2.75, 3.05) is 14.2 Å². The third-order valence-corrected chi connectivity index (χ3v) is 4.96. The maximum Gasteiger partial charge on any atom is 0.333 e. The molecule has 4 rings (SSSR count). The topological polar surface area (TPSA) is 82.1 Å². The number of aromatic nitrogens is 3. The summed E-state index contributed by atoms with van der Waals surface area (Å²) in [5.41, 5.74) is 4.03. The maximum atomic E-state index is 13.1. The minimum atomic E-state index is -0.188. The largest absolute Gasteiger partial charge is 0.493 e. The first kappa shape index (κ1) is 17.6. The number of methoxy groups -OCH3 is 2. The number of fused-ring (bicyclic) bond motifs is 3. The van der Waals surface area contributed by atoms with Crippen LogP contribution in [0, 0.1) is 18.3 Å². The van der Waals surface area contributed by atoms with E-state index in [4.69, 9.17) is 14.7 Å². The number of ether oxygens (including phenoxy) is 2. The molecular formula is C21H18N4O3. The molecule has 2 heterocycles. The first-order chi connectivity index (χ1) is 13.5. The summed E-state index contributed by atoms with van der Waals surface area (Å²) in [4.78, 5) is 17.6. The van der Waals surface area contributed by atoms with Gasteiger partial charge in [-0.1, -0.05) is 0 Å². The SMILES string of the molecule is COc1cc2ncc3c(c2cc1OC)n(-c1ccc(C#N)cc1C)c(=O)n3C. The van der Waals surface area contributed by atoms with Crippen molar-refractivity contribution in [3.63, 3.8) is 0 Å². The van der Waals surface area contributed by atoms with E-state index in [2.05, 4.69) is 11.1 Å². The zero-order valence-electron chi connectivity index (χ0n) is 16.0. The number of nitriles is 1. The van der Waals surface area contributed by atoms with Gasteiger partial charge >= 0.3 is 5.69 Å². The molecule has 28 heavy (non-hydrogen) atoms. The molecule has 0 aliphatic carbocycles. The molecule has 0 saturated heterocycles. The van der Waals surface area contributed by atoms with E-state index in [1.54, 1.807) is 60.9 Å². The summed E-state index contributed by atoms with van der Waals surface area (Å²) >= 11 is 0. The molecule has 0 bridgehead atoms. The van der Waals surface area contributed by atoms with E-state index >= 15 is 0 Å². The van der Waals surface area contributed by atoms with Crippen LogP contribution < -0.4 is 15.2 Å². The van der Waals surface area contributed by atoms with Crippen molar-refractivity contribution in [3.05, 3.63) is 58.1 Å². The van der Waals surface area contributed by atoms with Crippen LogP contribution in [0.25, 0.3) is 27.6 Å². The summed E-state index contributed by atoms with van der Waals surface area (Å²) in [6.45, 7) is 1.88. The van der Waals surface area contributed by atoms with E-state index in [0.29, 0.717) is 28.1 Å². The molecule has 0 unspecified atom stereocenters. The number of benzene rings is 2. The van der Waals surface area contributed by atoms with Gasteiger partial charge in [0.25, 0.3) is 0 Å². The summed E-state index contributed by atoms with van der Waals surface area (Å²) in [6, 6.07) is 11.0. The zero-order valence-corrected chi connectivity index (χ0v) is 16.0. The van der Waals surface area contributed by atoms with Gasteiger partial charge in [0, 0.05) is 18.5 Å². The Labute approximate surface area is 161 Å². The summed E-state index contributed by atoms with van der Waals surface area (Å²) in [5.74, 6) is 1.13. The molecular weight excluding hydrogens is 356 g/mol. The molecule has 2 aromatic carbocycles. The lowest BCUT2D eigenvalue weighted by Gasteiger charge is -2.12. The Morgan fingerprint density at radius 1 is 1.11 bits per heavy atom. The van der Waals surface area contributed by atoms with Crippen molar-refractivity contribution in [2.45, 2.75) is 6.92 Å². The van der Waals surface area contributed by atoms with Crippen LogP contribution in [0.4, 0.5) is 0 Å². The molecule has 7 nitrogen and oxygen atoms in total. The average Bonchev–Trinajstić information content (AvgIpc) is 2.97. The van der Waals surface area contributed by atoms with Crippen LogP contribution >= 0.6 is 0 Å². The molecule has 0 spiro atoms. The fourth-order valence-corrected chi connectivity index (χ4v) is 3.52. The van der Waals surface area contributed by atoms with Crippen molar-refractivity contribution < 1.29 is 9.47 Å². The van der Waals surface area contributed by atoms with Crippen LogP contribution in [-0.2, 0) is 7.05 Å². The standard InChI is InChI=1S/C21H18N4O3/c1-12-7-13(10-22)5-6-16(12)25-20-14-8-18(27-3)19(28-4)9-15(14)23-11-17(20)24(2)21(25)26/h5-9,11H,1-4H3. The van der Waals surface area contributed by atoms with Crippen molar-refractivity contribution >= 4 is 21.9 Å². The van der Waals surface area contributed by atoms with E-state index in [1.807, 2.05) is 13.0 Å². The third-order valence-electron chi connectivity index (χ3n) is 4.96. The van der Waals surface area contributed by atoms with Gasteiger partial charge in [-0.25, -0.2) is 4.79 Å². The van der Waals surface area contributed by atoms with E-state index in [-0.39, 0.29) is 5.69 Å².